The molecule has 1 atom stereocenters. The maximum Gasteiger partial charge on any atom is 0.414 e. The number of ether oxygens (including phenoxy) is 1. The number of cyclic esters (lactones) is 1. The van der Waals surface area contributed by atoms with Gasteiger partial charge in [0.1, 0.15) is 17.7 Å². The smallest absolute Gasteiger partial charge is 0.414 e. The average Bonchev–Trinajstić information content (AvgIpc) is 3.13. The largest absolute Gasteiger partial charge is 0.442 e. The Labute approximate surface area is 174 Å². The Balaban J connectivity index is 1.39. The number of piperazine rings is 1. The molecule has 3 heterocycles. The maximum absolute atomic E-state index is 14.9. The van der Waals surface area contributed by atoms with E-state index in [2.05, 4.69) is 15.2 Å². The van der Waals surface area contributed by atoms with Crippen LogP contribution in [0.2, 0.25) is 0 Å². The van der Waals surface area contributed by atoms with Gasteiger partial charge in [-0.15, -0.1) is 0 Å². The van der Waals surface area contributed by atoms with Crippen LogP contribution >= 0.6 is 0 Å². The molecule has 0 saturated carbocycles. The summed E-state index contributed by atoms with van der Waals surface area (Å²) >= 11 is 0. The van der Waals surface area contributed by atoms with E-state index in [0.29, 0.717) is 24.5 Å². The normalized spacial score (nSPS) is 19.1. The van der Waals surface area contributed by atoms with E-state index in [-0.39, 0.29) is 24.8 Å². The fourth-order valence-corrected chi connectivity index (χ4v) is 3.73. The second-order valence-electron chi connectivity index (χ2n) is 7.35. The molecule has 2 aromatic rings. The molecule has 2 aliphatic rings. The van der Waals surface area contributed by atoms with E-state index in [1.165, 1.54) is 17.9 Å². The Morgan fingerprint density at radius 3 is 2.63 bits per heavy atom. The topological polar surface area (TPSA) is 78.0 Å². The van der Waals surface area contributed by atoms with E-state index >= 15 is 0 Å². The van der Waals surface area contributed by atoms with Crippen LogP contribution in [0.25, 0.3) is 0 Å². The van der Waals surface area contributed by atoms with Gasteiger partial charge in [0.15, 0.2) is 0 Å². The van der Waals surface area contributed by atoms with Gasteiger partial charge in [-0.3, -0.25) is 9.69 Å². The van der Waals surface area contributed by atoms with Gasteiger partial charge in [-0.1, -0.05) is 6.07 Å². The van der Waals surface area contributed by atoms with Crippen LogP contribution in [0, 0.1) is 5.82 Å². The molecule has 0 aliphatic carbocycles. The van der Waals surface area contributed by atoms with Gasteiger partial charge in [0, 0.05) is 39.3 Å². The van der Waals surface area contributed by atoms with E-state index < -0.39 is 12.2 Å². The number of hydrogen-bond acceptors (Lipinski definition) is 6. The van der Waals surface area contributed by atoms with Gasteiger partial charge in [0.05, 0.1) is 24.5 Å². The first kappa shape index (κ1) is 19.9. The molecule has 4 rings (SSSR count). The molecule has 8 nitrogen and oxygen atoms in total. The van der Waals surface area contributed by atoms with E-state index in [1.807, 2.05) is 23.1 Å². The first-order valence-electron chi connectivity index (χ1n) is 9.94. The van der Waals surface area contributed by atoms with Crippen LogP contribution in [0.4, 0.5) is 26.4 Å². The van der Waals surface area contributed by atoms with Gasteiger partial charge in [0.2, 0.25) is 5.91 Å². The number of nitrogens with one attached hydrogen (secondary N) is 1. The number of hydrogen-bond donors (Lipinski definition) is 1. The molecule has 0 radical (unpaired) electrons. The van der Waals surface area contributed by atoms with Crippen molar-refractivity contribution in [3.8, 4) is 0 Å². The highest BCUT2D eigenvalue weighted by molar-refractivity contribution is 5.90. The highest BCUT2D eigenvalue weighted by Crippen LogP contribution is 2.29. The van der Waals surface area contributed by atoms with E-state index in [0.717, 1.165) is 18.9 Å². The quantitative estimate of drug-likeness (QED) is 0.808. The standard InChI is InChI=1S/C21H24FN5O3/c1-15(28)24-13-17-14-27(21(29)30-17)16-5-6-19(18(22)12-16)25-8-10-26(11-9-25)20-4-2-3-7-23-20/h2-7,12,17H,8-11,13-14H2,1H3,(H,24,28)/t17-/m0/s1. The van der Waals surface area contributed by atoms with E-state index in [4.69, 9.17) is 4.74 Å². The molecular formula is C21H24FN5O3. The minimum Gasteiger partial charge on any atom is -0.442 e. The molecule has 0 unspecified atom stereocenters. The molecule has 2 fully saturated rings. The number of benzene rings is 1. The van der Waals surface area contributed by atoms with Crippen molar-refractivity contribution in [1.82, 2.24) is 10.3 Å². The number of pyridine rings is 1. The summed E-state index contributed by atoms with van der Waals surface area (Å²) in [7, 11) is 0. The number of nitrogens with zero attached hydrogens (tertiary/aromatic N) is 4. The predicted octanol–water partition coefficient (Wildman–Crippen LogP) is 2.01. The number of carbonyl (C=O) groups is 2. The summed E-state index contributed by atoms with van der Waals surface area (Å²) in [6.07, 6.45) is 0.773. The van der Waals surface area contributed by atoms with Gasteiger partial charge in [-0.05, 0) is 30.3 Å². The first-order chi connectivity index (χ1) is 14.5. The van der Waals surface area contributed by atoms with Gasteiger partial charge < -0.3 is 19.9 Å². The summed E-state index contributed by atoms with van der Waals surface area (Å²) in [5, 5.41) is 2.63. The van der Waals surface area contributed by atoms with E-state index in [1.54, 1.807) is 18.3 Å². The Kier molecular flexibility index (Phi) is 5.69. The maximum atomic E-state index is 14.9. The molecular weight excluding hydrogens is 389 g/mol. The summed E-state index contributed by atoms with van der Waals surface area (Å²) < 4.78 is 20.1. The van der Waals surface area contributed by atoms with Crippen molar-refractivity contribution in [3.63, 3.8) is 0 Å². The fraction of sp³-hybridized carbons (Fsp3) is 0.381. The average molecular weight is 413 g/mol. The van der Waals surface area contributed by atoms with Crippen LogP contribution in [0.5, 0.6) is 0 Å². The van der Waals surface area contributed by atoms with Crippen molar-refractivity contribution >= 4 is 29.2 Å². The highest BCUT2D eigenvalue weighted by atomic mass is 19.1. The lowest BCUT2D eigenvalue weighted by Gasteiger charge is -2.37. The Morgan fingerprint density at radius 2 is 1.97 bits per heavy atom. The van der Waals surface area contributed by atoms with Gasteiger partial charge >= 0.3 is 6.09 Å². The summed E-state index contributed by atoms with van der Waals surface area (Å²) in [4.78, 5) is 33.1. The second kappa shape index (κ2) is 8.56. The Bertz CT molecular complexity index is 918. The van der Waals surface area contributed by atoms with Crippen LogP contribution in [-0.4, -0.2) is 62.4 Å². The highest BCUT2D eigenvalue weighted by Gasteiger charge is 2.33. The van der Waals surface area contributed by atoms with Crippen molar-refractivity contribution in [2.24, 2.45) is 0 Å². The summed E-state index contributed by atoms with van der Waals surface area (Å²) in [5.41, 5.74) is 0.959. The van der Waals surface area contributed by atoms with Crippen LogP contribution in [-0.2, 0) is 9.53 Å². The van der Waals surface area contributed by atoms with Crippen molar-refractivity contribution in [1.29, 1.82) is 0 Å². The lowest BCUT2D eigenvalue weighted by Crippen LogP contribution is -2.47. The van der Waals surface area contributed by atoms with Crippen molar-refractivity contribution in [2.75, 3.05) is 54.0 Å². The number of carbonyl (C=O) groups excluding carboxylic acids is 2. The van der Waals surface area contributed by atoms with Crippen LogP contribution in [0.1, 0.15) is 6.92 Å². The van der Waals surface area contributed by atoms with Gasteiger partial charge in [-0.2, -0.15) is 0 Å². The second-order valence-corrected chi connectivity index (χ2v) is 7.35. The summed E-state index contributed by atoms with van der Waals surface area (Å²) in [5.74, 6) is 0.356. The number of anilines is 3. The molecule has 158 valence electrons. The minimum absolute atomic E-state index is 0.192. The molecule has 2 amide bonds. The van der Waals surface area contributed by atoms with Crippen LogP contribution in [0.15, 0.2) is 42.6 Å². The van der Waals surface area contributed by atoms with Crippen molar-refractivity contribution in [3.05, 3.63) is 48.4 Å². The molecule has 9 heteroatoms. The van der Waals surface area contributed by atoms with Crippen LogP contribution < -0.4 is 20.0 Å². The fourth-order valence-electron chi connectivity index (χ4n) is 3.73. The Hall–Kier alpha value is -3.36. The summed E-state index contributed by atoms with van der Waals surface area (Å²) in [6, 6.07) is 10.6. The monoisotopic (exact) mass is 413 g/mol. The molecule has 0 bridgehead atoms. The van der Waals surface area contributed by atoms with Crippen molar-refractivity contribution in [2.45, 2.75) is 13.0 Å². The third-order valence-corrected chi connectivity index (χ3v) is 5.29. The Morgan fingerprint density at radius 1 is 1.20 bits per heavy atom. The van der Waals surface area contributed by atoms with Gasteiger partial charge in [-0.25, -0.2) is 14.2 Å². The third kappa shape index (κ3) is 4.29. The van der Waals surface area contributed by atoms with Gasteiger partial charge in [0.25, 0.3) is 0 Å². The first-order valence-corrected chi connectivity index (χ1v) is 9.94. The molecule has 1 N–H and O–H groups in total. The van der Waals surface area contributed by atoms with Crippen LogP contribution in [0.3, 0.4) is 0 Å². The predicted molar refractivity (Wildman–Crippen MR) is 111 cm³/mol. The molecule has 30 heavy (non-hydrogen) atoms. The lowest BCUT2D eigenvalue weighted by atomic mass is 10.2. The molecule has 0 spiro atoms. The number of rotatable bonds is 5. The zero-order valence-electron chi connectivity index (χ0n) is 16.8. The molecule has 1 aromatic carbocycles. The summed E-state index contributed by atoms with van der Waals surface area (Å²) in [6.45, 7) is 4.76. The zero-order valence-corrected chi connectivity index (χ0v) is 16.8. The SMILES string of the molecule is CC(=O)NC[C@H]1CN(c2ccc(N3CCN(c4ccccn4)CC3)c(F)c2)C(=O)O1. The minimum atomic E-state index is -0.540. The molecule has 2 aliphatic heterocycles. The molecule has 2 saturated heterocycles. The lowest BCUT2D eigenvalue weighted by molar-refractivity contribution is -0.119. The third-order valence-electron chi connectivity index (χ3n) is 5.29. The number of aromatic nitrogens is 1. The van der Waals surface area contributed by atoms with Crippen molar-refractivity contribution < 1.29 is 18.7 Å². The number of halogens is 1. The molecule has 1 aromatic heterocycles. The zero-order chi connectivity index (χ0) is 21.1. The van der Waals surface area contributed by atoms with E-state index in [9.17, 15) is 14.0 Å². The number of amides is 2.